The van der Waals surface area contributed by atoms with E-state index in [4.69, 9.17) is 5.73 Å². The Balaban J connectivity index is 2.27. The van der Waals surface area contributed by atoms with Gasteiger partial charge in [0.1, 0.15) is 0 Å². The molecular formula is C17H29N3O. The Morgan fingerprint density at radius 2 is 2.00 bits per heavy atom. The lowest BCUT2D eigenvalue weighted by molar-refractivity contribution is -0.116. The molecule has 3 N–H and O–H groups in total. The van der Waals surface area contributed by atoms with Crippen LogP contribution in [0.1, 0.15) is 45.1 Å². The van der Waals surface area contributed by atoms with Crippen molar-refractivity contribution in [2.75, 3.05) is 18.9 Å². The van der Waals surface area contributed by atoms with Gasteiger partial charge in [-0.15, -0.1) is 0 Å². The lowest BCUT2D eigenvalue weighted by Gasteiger charge is -2.24. The van der Waals surface area contributed by atoms with Crippen LogP contribution in [-0.4, -0.2) is 30.4 Å². The van der Waals surface area contributed by atoms with Crippen molar-refractivity contribution in [2.24, 2.45) is 5.73 Å². The summed E-state index contributed by atoms with van der Waals surface area (Å²) in [6.07, 6.45) is 3.85. The van der Waals surface area contributed by atoms with Crippen LogP contribution in [0.3, 0.4) is 0 Å². The number of carbonyl (C=O) groups is 1. The number of hydrogen-bond acceptors (Lipinski definition) is 3. The van der Waals surface area contributed by atoms with Gasteiger partial charge in [-0.3, -0.25) is 4.79 Å². The van der Waals surface area contributed by atoms with Crippen molar-refractivity contribution in [1.82, 2.24) is 4.90 Å². The highest BCUT2D eigenvalue weighted by atomic mass is 16.1. The zero-order chi connectivity index (χ0) is 15.7. The fourth-order valence-corrected chi connectivity index (χ4v) is 2.30. The van der Waals surface area contributed by atoms with E-state index < -0.39 is 0 Å². The average Bonchev–Trinajstić information content (AvgIpc) is 2.48. The van der Waals surface area contributed by atoms with Gasteiger partial charge >= 0.3 is 0 Å². The van der Waals surface area contributed by atoms with E-state index in [1.807, 2.05) is 24.3 Å². The lowest BCUT2D eigenvalue weighted by Crippen LogP contribution is -2.30. The van der Waals surface area contributed by atoms with Gasteiger partial charge < -0.3 is 16.0 Å². The SMILES string of the molecule is CCCC(C)N(C)CCCC(=O)Nc1ccc(CN)cc1. The zero-order valence-corrected chi connectivity index (χ0v) is 13.6. The number of amides is 1. The van der Waals surface area contributed by atoms with Crippen LogP contribution < -0.4 is 11.1 Å². The minimum atomic E-state index is 0.0760. The number of nitrogens with zero attached hydrogens (tertiary/aromatic N) is 1. The Hall–Kier alpha value is -1.39. The number of nitrogens with one attached hydrogen (secondary N) is 1. The molecule has 0 radical (unpaired) electrons. The van der Waals surface area contributed by atoms with Gasteiger partial charge in [0.2, 0.25) is 5.91 Å². The number of carbonyl (C=O) groups excluding carboxylic acids is 1. The van der Waals surface area contributed by atoms with Crippen molar-refractivity contribution in [1.29, 1.82) is 0 Å². The molecule has 4 nitrogen and oxygen atoms in total. The molecule has 21 heavy (non-hydrogen) atoms. The van der Waals surface area contributed by atoms with Gasteiger partial charge in [0, 0.05) is 24.7 Å². The van der Waals surface area contributed by atoms with Gasteiger partial charge in [0.15, 0.2) is 0 Å². The molecular weight excluding hydrogens is 262 g/mol. The van der Waals surface area contributed by atoms with E-state index in [-0.39, 0.29) is 5.91 Å². The van der Waals surface area contributed by atoms with Crippen molar-refractivity contribution in [3.8, 4) is 0 Å². The van der Waals surface area contributed by atoms with E-state index in [1.54, 1.807) is 0 Å². The molecule has 1 amide bonds. The van der Waals surface area contributed by atoms with Gasteiger partial charge in [0.25, 0.3) is 0 Å². The molecule has 1 rings (SSSR count). The van der Waals surface area contributed by atoms with Crippen LogP contribution in [0.25, 0.3) is 0 Å². The summed E-state index contributed by atoms with van der Waals surface area (Å²) in [4.78, 5) is 14.2. The second kappa shape index (κ2) is 9.53. The van der Waals surface area contributed by atoms with E-state index >= 15 is 0 Å². The third-order valence-corrected chi connectivity index (χ3v) is 3.85. The quantitative estimate of drug-likeness (QED) is 0.735. The highest BCUT2D eigenvalue weighted by Crippen LogP contribution is 2.10. The van der Waals surface area contributed by atoms with Gasteiger partial charge in [-0.1, -0.05) is 25.5 Å². The largest absolute Gasteiger partial charge is 0.326 e. The highest BCUT2D eigenvalue weighted by Gasteiger charge is 2.09. The maximum atomic E-state index is 11.9. The topological polar surface area (TPSA) is 58.4 Å². The smallest absolute Gasteiger partial charge is 0.224 e. The highest BCUT2D eigenvalue weighted by molar-refractivity contribution is 5.90. The van der Waals surface area contributed by atoms with Crippen molar-refractivity contribution in [2.45, 2.75) is 52.1 Å². The molecule has 0 fully saturated rings. The van der Waals surface area contributed by atoms with E-state index in [9.17, 15) is 4.79 Å². The Labute approximate surface area is 128 Å². The molecule has 0 bridgehead atoms. The maximum absolute atomic E-state index is 11.9. The molecule has 118 valence electrons. The summed E-state index contributed by atoms with van der Waals surface area (Å²) in [5, 5.41) is 2.92. The Morgan fingerprint density at radius 3 is 2.57 bits per heavy atom. The second-order valence-electron chi connectivity index (χ2n) is 5.67. The van der Waals surface area contributed by atoms with Gasteiger partial charge in [-0.2, -0.15) is 0 Å². The van der Waals surface area contributed by atoms with Crippen LogP contribution >= 0.6 is 0 Å². The van der Waals surface area contributed by atoms with E-state index in [2.05, 4.69) is 31.1 Å². The molecule has 0 aliphatic rings. The minimum Gasteiger partial charge on any atom is -0.326 e. The number of anilines is 1. The molecule has 0 aliphatic carbocycles. The first-order valence-electron chi connectivity index (χ1n) is 7.86. The van der Waals surface area contributed by atoms with Crippen LogP contribution in [0.5, 0.6) is 0 Å². The summed E-state index contributed by atoms with van der Waals surface area (Å²) >= 11 is 0. The Morgan fingerprint density at radius 1 is 1.33 bits per heavy atom. The molecule has 1 aromatic rings. The van der Waals surface area contributed by atoms with Crippen molar-refractivity contribution in [3.05, 3.63) is 29.8 Å². The first-order valence-corrected chi connectivity index (χ1v) is 7.86. The average molecular weight is 291 g/mol. The lowest BCUT2D eigenvalue weighted by atomic mass is 10.1. The van der Waals surface area contributed by atoms with E-state index in [1.165, 1.54) is 12.8 Å². The number of nitrogens with two attached hydrogens (primary N) is 1. The number of benzene rings is 1. The van der Waals surface area contributed by atoms with Crippen LogP contribution in [0.4, 0.5) is 5.69 Å². The van der Waals surface area contributed by atoms with Gasteiger partial charge in [-0.05, 0) is 51.1 Å². The van der Waals surface area contributed by atoms with Crippen molar-refractivity contribution >= 4 is 11.6 Å². The van der Waals surface area contributed by atoms with E-state index in [0.717, 1.165) is 24.2 Å². The molecule has 0 heterocycles. The molecule has 0 spiro atoms. The predicted octanol–water partition coefficient (Wildman–Crippen LogP) is 2.98. The zero-order valence-electron chi connectivity index (χ0n) is 13.6. The van der Waals surface area contributed by atoms with Crippen LogP contribution in [0.15, 0.2) is 24.3 Å². The minimum absolute atomic E-state index is 0.0760. The molecule has 0 aliphatic heterocycles. The molecule has 0 aromatic heterocycles. The summed E-state index contributed by atoms with van der Waals surface area (Å²) < 4.78 is 0. The molecule has 4 heteroatoms. The van der Waals surface area contributed by atoms with Crippen molar-refractivity contribution in [3.63, 3.8) is 0 Å². The predicted molar refractivity (Wildman–Crippen MR) is 89.2 cm³/mol. The summed E-state index contributed by atoms with van der Waals surface area (Å²) in [6.45, 7) is 5.92. The van der Waals surface area contributed by atoms with Crippen LogP contribution in [0.2, 0.25) is 0 Å². The third-order valence-electron chi connectivity index (χ3n) is 3.85. The summed E-state index contributed by atoms with van der Waals surface area (Å²) in [5.74, 6) is 0.0760. The third kappa shape index (κ3) is 6.74. The summed E-state index contributed by atoms with van der Waals surface area (Å²) in [7, 11) is 2.13. The number of rotatable bonds is 9. The Bertz CT molecular complexity index is 417. The first-order chi connectivity index (χ1) is 10.1. The van der Waals surface area contributed by atoms with E-state index in [0.29, 0.717) is 19.0 Å². The first kappa shape index (κ1) is 17.7. The molecule has 0 saturated heterocycles. The molecule has 0 saturated carbocycles. The van der Waals surface area contributed by atoms with Gasteiger partial charge in [-0.25, -0.2) is 0 Å². The Kier molecular flexibility index (Phi) is 8.01. The fraction of sp³-hybridized carbons (Fsp3) is 0.588. The molecule has 1 atom stereocenters. The monoisotopic (exact) mass is 291 g/mol. The summed E-state index contributed by atoms with van der Waals surface area (Å²) in [5.41, 5.74) is 7.46. The molecule has 1 unspecified atom stereocenters. The maximum Gasteiger partial charge on any atom is 0.224 e. The standard InChI is InChI=1S/C17H29N3O/c1-4-6-14(2)20(3)12-5-7-17(21)19-16-10-8-15(13-18)9-11-16/h8-11,14H,4-7,12-13,18H2,1-3H3,(H,19,21). The van der Waals surface area contributed by atoms with Crippen molar-refractivity contribution < 1.29 is 4.79 Å². The number of hydrogen-bond donors (Lipinski definition) is 2. The fourth-order valence-electron chi connectivity index (χ4n) is 2.30. The van der Waals surface area contributed by atoms with Crippen LogP contribution in [-0.2, 0) is 11.3 Å². The molecule has 1 aromatic carbocycles. The van der Waals surface area contributed by atoms with Crippen LogP contribution in [0, 0.1) is 0 Å². The van der Waals surface area contributed by atoms with Gasteiger partial charge in [0.05, 0.1) is 0 Å². The normalized spacial score (nSPS) is 12.4. The summed E-state index contributed by atoms with van der Waals surface area (Å²) in [6, 6.07) is 8.26. The second-order valence-corrected chi connectivity index (χ2v) is 5.67.